The molecule has 27 heavy (non-hydrogen) atoms. The van der Waals surface area contributed by atoms with Gasteiger partial charge in [0.2, 0.25) is 5.76 Å². The van der Waals surface area contributed by atoms with Crippen molar-refractivity contribution in [1.29, 1.82) is 0 Å². The first kappa shape index (κ1) is 17.2. The molecule has 0 N–H and O–H groups in total. The lowest BCUT2D eigenvalue weighted by molar-refractivity contribution is 0.0479. The molecule has 4 nitrogen and oxygen atoms in total. The Morgan fingerprint density at radius 1 is 1.11 bits per heavy atom. The molecule has 2 aromatic carbocycles. The predicted molar refractivity (Wildman–Crippen MR) is 99.1 cm³/mol. The highest BCUT2D eigenvalue weighted by atomic mass is 19.1. The SMILES string of the molecule is Cc1ccc([C@@H]2C[C@H]2/C(=N\OC(=O)c2ccco2)c2ccc(F)cc2)cc1. The molecule has 0 bridgehead atoms. The largest absolute Gasteiger partial charge is 0.457 e. The van der Waals surface area contributed by atoms with Crippen LogP contribution in [-0.2, 0) is 4.84 Å². The Labute approximate surface area is 156 Å². The van der Waals surface area contributed by atoms with E-state index in [0.29, 0.717) is 11.6 Å². The van der Waals surface area contributed by atoms with Crippen molar-refractivity contribution in [3.8, 4) is 0 Å². The van der Waals surface area contributed by atoms with Gasteiger partial charge in [0.1, 0.15) is 5.82 Å². The summed E-state index contributed by atoms with van der Waals surface area (Å²) in [6.07, 6.45) is 2.30. The molecule has 136 valence electrons. The summed E-state index contributed by atoms with van der Waals surface area (Å²) in [4.78, 5) is 17.1. The monoisotopic (exact) mass is 363 g/mol. The Hall–Kier alpha value is -3.21. The normalized spacial score (nSPS) is 19.0. The lowest BCUT2D eigenvalue weighted by Crippen LogP contribution is -2.09. The zero-order valence-corrected chi connectivity index (χ0v) is 14.8. The lowest BCUT2D eigenvalue weighted by Gasteiger charge is -2.07. The fourth-order valence-electron chi connectivity index (χ4n) is 3.16. The van der Waals surface area contributed by atoms with Gasteiger partial charge in [-0.1, -0.05) is 47.1 Å². The van der Waals surface area contributed by atoms with E-state index in [1.807, 2.05) is 6.92 Å². The van der Waals surface area contributed by atoms with Crippen molar-refractivity contribution in [2.24, 2.45) is 11.1 Å². The minimum Gasteiger partial charge on any atom is -0.457 e. The lowest BCUT2D eigenvalue weighted by atomic mass is 10.0. The molecular weight excluding hydrogens is 345 g/mol. The third-order valence-electron chi connectivity index (χ3n) is 4.74. The van der Waals surface area contributed by atoms with Gasteiger partial charge in [-0.2, -0.15) is 0 Å². The van der Waals surface area contributed by atoms with Crippen molar-refractivity contribution in [2.45, 2.75) is 19.3 Å². The van der Waals surface area contributed by atoms with E-state index in [4.69, 9.17) is 9.25 Å². The van der Waals surface area contributed by atoms with Gasteiger partial charge in [0.25, 0.3) is 0 Å². The van der Waals surface area contributed by atoms with E-state index in [1.165, 1.54) is 35.6 Å². The minimum absolute atomic E-state index is 0.0862. The Kier molecular flexibility index (Phi) is 4.59. The van der Waals surface area contributed by atoms with Crippen LogP contribution in [0.2, 0.25) is 0 Å². The fraction of sp³-hybridized carbons (Fsp3) is 0.182. The number of benzene rings is 2. The molecule has 1 aliphatic carbocycles. The molecule has 3 aromatic rings. The standard InChI is InChI=1S/C22H18FNO3/c1-14-4-6-15(7-5-14)18-13-19(18)21(16-8-10-17(23)11-9-16)24-27-22(25)20-3-2-12-26-20/h2-12,18-19H,13H2,1H3/b24-21-/t18-,19+/m0/s1. The third-order valence-corrected chi connectivity index (χ3v) is 4.74. The van der Waals surface area contributed by atoms with Crippen LogP contribution in [0.4, 0.5) is 4.39 Å². The van der Waals surface area contributed by atoms with Crippen LogP contribution in [0.5, 0.6) is 0 Å². The van der Waals surface area contributed by atoms with Gasteiger partial charge >= 0.3 is 5.97 Å². The summed E-state index contributed by atoms with van der Waals surface area (Å²) in [5.74, 6) is -0.480. The third kappa shape index (κ3) is 3.82. The maximum absolute atomic E-state index is 13.3. The van der Waals surface area contributed by atoms with Gasteiger partial charge in [0, 0.05) is 5.92 Å². The van der Waals surface area contributed by atoms with Crippen molar-refractivity contribution in [2.75, 3.05) is 0 Å². The van der Waals surface area contributed by atoms with E-state index in [-0.39, 0.29) is 17.5 Å². The summed E-state index contributed by atoms with van der Waals surface area (Å²) in [6.45, 7) is 2.05. The Bertz CT molecular complexity index is 960. The van der Waals surface area contributed by atoms with E-state index in [2.05, 4.69) is 29.4 Å². The highest BCUT2D eigenvalue weighted by Gasteiger charge is 2.43. The van der Waals surface area contributed by atoms with Gasteiger partial charge in [-0.15, -0.1) is 0 Å². The minimum atomic E-state index is -0.660. The molecule has 4 rings (SSSR count). The number of carbonyl (C=O) groups excluding carboxylic acids is 1. The summed E-state index contributed by atoms with van der Waals surface area (Å²) >= 11 is 0. The number of halogens is 1. The number of hydrogen-bond donors (Lipinski definition) is 0. The number of nitrogens with zero attached hydrogens (tertiary/aromatic N) is 1. The number of furan rings is 1. The van der Waals surface area contributed by atoms with Gasteiger partial charge in [-0.25, -0.2) is 9.18 Å². The van der Waals surface area contributed by atoms with Gasteiger partial charge in [-0.3, -0.25) is 0 Å². The first-order valence-corrected chi connectivity index (χ1v) is 8.77. The molecule has 1 heterocycles. The van der Waals surface area contributed by atoms with Crippen LogP contribution >= 0.6 is 0 Å². The van der Waals surface area contributed by atoms with Crippen LogP contribution in [0, 0.1) is 18.7 Å². The van der Waals surface area contributed by atoms with Gasteiger partial charge in [-0.05, 0) is 54.7 Å². The molecule has 1 aromatic heterocycles. The summed E-state index contributed by atoms with van der Waals surface area (Å²) in [6, 6.07) is 17.6. The van der Waals surface area contributed by atoms with E-state index in [0.717, 1.165) is 12.0 Å². The molecule has 0 aliphatic heterocycles. The molecular formula is C22H18FNO3. The number of aryl methyl sites for hydroxylation is 1. The maximum atomic E-state index is 13.3. The molecule has 0 saturated heterocycles. The highest BCUT2D eigenvalue weighted by molar-refractivity contribution is 6.04. The average Bonchev–Trinajstić information content (AvgIpc) is 3.25. The van der Waals surface area contributed by atoms with Crippen molar-refractivity contribution in [1.82, 2.24) is 0 Å². The number of oxime groups is 1. The summed E-state index contributed by atoms with van der Waals surface area (Å²) in [5.41, 5.74) is 3.80. The molecule has 1 fully saturated rings. The van der Waals surface area contributed by atoms with Gasteiger partial charge in [0.05, 0.1) is 12.0 Å². The Balaban J connectivity index is 1.59. The second-order valence-corrected chi connectivity index (χ2v) is 6.70. The van der Waals surface area contributed by atoms with E-state index >= 15 is 0 Å². The van der Waals surface area contributed by atoms with E-state index in [9.17, 15) is 9.18 Å². The van der Waals surface area contributed by atoms with Crippen LogP contribution in [0.1, 0.15) is 39.6 Å². The highest BCUT2D eigenvalue weighted by Crippen LogP contribution is 2.49. The molecule has 0 unspecified atom stereocenters. The van der Waals surface area contributed by atoms with Crippen LogP contribution in [0.25, 0.3) is 0 Å². The van der Waals surface area contributed by atoms with Crippen molar-refractivity contribution in [3.05, 3.63) is 95.2 Å². The molecule has 5 heteroatoms. The first-order chi connectivity index (χ1) is 13.1. The summed E-state index contributed by atoms with van der Waals surface area (Å²) < 4.78 is 18.3. The molecule has 0 amide bonds. The molecule has 1 aliphatic rings. The first-order valence-electron chi connectivity index (χ1n) is 8.77. The van der Waals surface area contributed by atoms with Crippen LogP contribution < -0.4 is 0 Å². The number of hydrogen-bond acceptors (Lipinski definition) is 4. The maximum Gasteiger partial charge on any atom is 0.400 e. The van der Waals surface area contributed by atoms with E-state index in [1.54, 1.807) is 18.2 Å². The van der Waals surface area contributed by atoms with Crippen molar-refractivity contribution < 1.29 is 18.4 Å². The van der Waals surface area contributed by atoms with Crippen LogP contribution in [-0.4, -0.2) is 11.7 Å². The van der Waals surface area contributed by atoms with Crippen LogP contribution in [0.15, 0.2) is 76.5 Å². The quantitative estimate of drug-likeness (QED) is 0.360. The Morgan fingerprint density at radius 3 is 2.52 bits per heavy atom. The molecule has 1 saturated carbocycles. The molecule has 2 atom stereocenters. The number of carbonyl (C=O) groups is 1. The van der Waals surface area contributed by atoms with Crippen molar-refractivity contribution in [3.63, 3.8) is 0 Å². The molecule has 0 spiro atoms. The van der Waals surface area contributed by atoms with Crippen molar-refractivity contribution >= 4 is 11.7 Å². The topological polar surface area (TPSA) is 51.8 Å². The molecule has 0 radical (unpaired) electrons. The van der Waals surface area contributed by atoms with E-state index < -0.39 is 5.97 Å². The average molecular weight is 363 g/mol. The second kappa shape index (κ2) is 7.19. The smallest absolute Gasteiger partial charge is 0.400 e. The second-order valence-electron chi connectivity index (χ2n) is 6.70. The van der Waals surface area contributed by atoms with Gasteiger partial charge < -0.3 is 9.25 Å². The number of rotatable bonds is 5. The van der Waals surface area contributed by atoms with Gasteiger partial charge in [0.15, 0.2) is 0 Å². The summed E-state index contributed by atoms with van der Waals surface area (Å²) in [5, 5.41) is 4.12. The fourth-order valence-corrected chi connectivity index (χ4v) is 3.16. The predicted octanol–water partition coefficient (Wildman–Crippen LogP) is 5.09. The zero-order chi connectivity index (χ0) is 18.8. The summed E-state index contributed by atoms with van der Waals surface area (Å²) in [7, 11) is 0. The van der Waals surface area contributed by atoms with Crippen LogP contribution in [0.3, 0.4) is 0 Å². The Morgan fingerprint density at radius 2 is 1.85 bits per heavy atom. The zero-order valence-electron chi connectivity index (χ0n) is 14.8.